The van der Waals surface area contributed by atoms with Gasteiger partial charge in [0.25, 0.3) is 5.56 Å². The highest BCUT2D eigenvalue weighted by Gasteiger charge is 2.06. The van der Waals surface area contributed by atoms with Crippen LogP contribution in [-0.4, -0.2) is 9.78 Å². The van der Waals surface area contributed by atoms with Crippen LogP contribution in [0.3, 0.4) is 0 Å². The number of aromatic nitrogens is 2. The molecule has 6 heteroatoms. The van der Waals surface area contributed by atoms with E-state index in [-0.39, 0.29) is 17.2 Å². The fourth-order valence-electron chi connectivity index (χ4n) is 0.688. The fraction of sp³-hybridized carbons (Fsp3) is 0.200. The molecule has 0 unspecified atom stereocenters. The van der Waals surface area contributed by atoms with Crippen molar-refractivity contribution in [2.45, 2.75) is 0 Å². The molecule has 0 aromatic carbocycles. The van der Waals surface area contributed by atoms with Crippen LogP contribution in [0.15, 0.2) is 4.79 Å². The highest BCUT2D eigenvalue weighted by Crippen LogP contribution is 2.13. The summed E-state index contributed by atoms with van der Waals surface area (Å²) in [5.74, 6) is 0.0737. The summed E-state index contributed by atoms with van der Waals surface area (Å²) in [5, 5.41) is 3.61. The third-order valence-electron chi connectivity index (χ3n) is 1.35. The number of nitrogens with zero attached hydrogens (tertiary/aromatic N) is 2. The maximum absolute atomic E-state index is 11.0. The molecule has 0 bridgehead atoms. The Balaban J connectivity index is 3.59. The van der Waals surface area contributed by atoms with Crippen molar-refractivity contribution in [2.75, 3.05) is 17.2 Å². The minimum atomic E-state index is -0.434. The Labute approximate surface area is 62.6 Å². The van der Waals surface area contributed by atoms with Crippen molar-refractivity contribution < 1.29 is 0 Å². The van der Waals surface area contributed by atoms with Gasteiger partial charge in [-0.2, -0.15) is 5.10 Å². The molecule has 0 spiro atoms. The Morgan fingerprint density at radius 2 is 1.82 bits per heavy atom. The van der Waals surface area contributed by atoms with Crippen LogP contribution < -0.4 is 22.8 Å². The second-order valence-electron chi connectivity index (χ2n) is 2.14. The lowest BCUT2D eigenvalue weighted by molar-refractivity contribution is 0.718. The molecule has 0 amide bonds. The van der Waals surface area contributed by atoms with E-state index in [2.05, 4.69) is 5.10 Å². The van der Waals surface area contributed by atoms with Gasteiger partial charge in [-0.05, 0) is 0 Å². The molecule has 0 fully saturated rings. The molecule has 6 nitrogen and oxygen atoms in total. The number of anilines is 3. The summed E-state index contributed by atoms with van der Waals surface area (Å²) in [5.41, 5.74) is 15.5. The molecule has 0 atom stereocenters. The van der Waals surface area contributed by atoms with Crippen LogP contribution in [0.4, 0.5) is 17.2 Å². The van der Waals surface area contributed by atoms with Gasteiger partial charge >= 0.3 is 0 Å². The van der Waals surface area contributed by atoms with Gasteiger partial charge in [0.05, 0.1) is 0 Å². The summed E-state index contributed by atoms with van der Waals surface area (Å²) in [6.07, 6.45) is 0. The molecule has 6 N–H and O–H groups in total. The SMILES string of the molecule is Cn1nc(N)c(N)c(N)c1=O. The summed E-state index contributed by atoms with van der Waals surface area (Å²) in [7, 11) is 1.45. The van der Waals surface area contributed by atoms with Crippen LogP contribution >= 0.6 is 0 Å². The number of nitrogen functional groups attached to an aromatic ring is 3. The maximum atomic E-state index is 11.0. The molecule has 0 radical (unpaired) electrons. The van der Waals surface area contributed by atoms with Crippen LogP contribution in [0.2, 0.25) is 0 Å². The van der Waals surface area contributed by atoms with Gasteiger partial charge in [-0.3, -0.25) is 4.79 Å². The second kappa shape index (κ2) is 2.15. The van der Waals surface area contributed by atoms with Crippen molar-refractivity contribution in [3.63, 3.8) is 0 Å². The number of nitrogens with two attached hydrogens (primary N) is 3. The molecule has 0 aliphatic carbocycles. The maximum Gasteiger partial charge on any atom is 0.291 e. The van der Waals surface area contributed by atoms with Crippen molar-refractivity contribution in [3.05, 3.63) is 10.4 Å². The lowest BCUT2D eigenvalue weighted by Crippen LogP contribution is -2.25. The molecule has 0 aliphatic rings. The Morgan fingerprint density at radius 1 is 1.27 bits per heavy atom. The lowest BCUT2D eigenvalue weighted by Gasteiger charge is -2.03. The number of hydrogen-bond acceptors (Lipinski definition) is 5. The van der Waals surface area contributed by atoms with Crippen molar-refractivity contribution in [1.29, 1.82) is 0 Å². The average Bonchev–Trinajstić information content (AvgIpc) is 1.97. The molecule has 11 heavy (non-hydrogen) atoms. The molecule has 60 valence electrons. The second-order valence-corrected chi connectivity index (χ2v) is 2.14. The molecule has 1 rings (SSSR count). The van der Waals surface area contributed by atoms with E-state index in [1.54, 1.807) is 0 Å². The van der Waals surface area contributed by atoms with E-state index in [0.29, 0.717) is 0 Å². The van der Waals surface area contributed by atoms with Crippen LogP contribution in [0, 0.1) is 0 Å². The van der Waals surface area contributed by atoms with Crippen LogP contribution in [0.1, 0.15) is 0 Å². The molecule has 1 aromatic rings. The molecular weight excluding hydrogens is 146 g/mol. The summed E-state index contributed by atoms with van der Waals surface area (Å²) in [6, 6.07) is 0. The minimum Gasteiger partial charge on any atom is -0.394 e. The van der Waals surface area contributed by atoms with E-state index in [4.69, 9.17) is 17.2 Å². The first-order valence-corrected chi connectivity index (χ1v) is 2.91. The largest absolute Gasteiger partial charge is 0.394 e. The van der Waals surface area contributed by atoms with E-state index in [9.17, 15) is 4.79 Å². The van der Waals surface area contributed by atoms with Gasteiger partial charge in [0.1, 0.15) is 11.4 Å². The normalized spacial score (nSPS) is 9.91. The Kier molecular flexibility index (Phi) is 1.45. The van der Waals surface area contributed by atoms with Gasteiger partial charge in [-0.15, -0.1) is 0 Å². The van der Waals surface area contributed by atoms with Gasteiger partial charge in [0, 0.05) is 7.05 Å². The summed E-state index contributed by atoms with van der Waals surface area (Å²) in [4.78, 5) is 11.0. The Bertz CT molecular complexity index is 341. The van der Waals surface area contributed by atoms with Gasteiger partial charge in [-0.1, -0.05) is 0 Å². The molecular formula is C5H9N5O. The molecule has 0 aliphatic heterocycles. The average molecular weight is 155 g/mol. The van der Waals surface area contributed by atoms with E-state index < -0.39 is 5.56 Å². The van der Waals surface area contributed by atoms with Gasteiger partial charge < -0.3 is 17.2 Å². The monoisotopic (exact) mass is 155 g/mol. The predicted octanol–water partition coefficient (Wildman–Crippen LogP) is -1.47. The van der Waals surface area contributed by atoms with Crippen molar-refractivity contribution in [2.24, 2.45) is 7.05 Å². The van der Waals surface area contributed by atoms with E-state index in [1.165, 1.54) is 7.05 Å². The first-order valence-electron chi connectivity index (χ1n) is 2.91. The smallest absolute Gasteiger partial charge is 0.291 e. The Morgan fingerprint density at radius 3 is 2.36 bits per heavy atom. The van der Waals surface area contributed by atoms with Crippen molar-refractivity contribution in [3.8, 4) is 0 Å². The van der Waals surface area contributed by atoms with Crippen LogP contribution in [0.5, 0.6) is 0 Å². The van der Waals surface area contributed by atoms with Gasteiger partial charge in [0.2, 0.25) is 0 Å². The first kappa shape index (κ1) is 7.39. The van der Waals surface area contributed by atoms with Crippen molar-refractivity contribution in [1.82, 2.24) is 9.78 Å². The van der Waals surface area contributed by atoms with Crippen LogP contribution in [0.25, 0.3) is 0 Å². The number of aryl methyl sites for hydroxylation is 1. The zero-order chi connectivity index (χ0) is 8.59. The zero-order valence-corrected chi connectivity index (χ0v) is 6.03. The highest BCUT2D eigenvalue weighted by molar-refractivity contribution is 5.72. The van der Waals surface area contributed by atoms with Crippen molar-refractivity contribution >= 4 is 17.2 Å². The van der Waals surface area contributed by atoms with E-state index in [0.717, 1.165) is 4.68 Å². The Hall–Kier alpha value is -1.72. The summed E-state index contributed by atoms with van der Waals surface area (Å²) in [6.45, 7) is 0. The highest BCUT2D eigenvalue weighted by atomic mass is 16.1. The molecule has 0 saturated heterocycles. The predicted molar refractivity (Wildman–Crippen MR) is 42.7 cm³/mol. The lowest BCUT2D eigenvalue weighted by atomic mass is 10.4. The van der Waals surface area contributed by atoms with E-state index in [1.807, 2.05) is 0 Å². The van der Waals surface area contributed by atoms with Gasteiger partial charge in [0.15, 0.2) is 5.82 Å². The third kappa shape index (κ3) is 0.977. The number of rotatable bonds is 0. The number of hydrogen-bond donors (Lipinski definition) is 3. The third-order valence-corrected chi connectivity index (χ3v) is 1.35. The quantitative estimate of drug-likeness (QED) is 0.423. The summed E-state index contributed by atoms with van der Waals surface area (Å²) < 4.78 is 1.04. The van der Waals surface area contributed by atoms with E-state index >= 15 is 0 Å². The standard InChI is InChI=1S/C5H9N5O/c1-10-5(11)3(7)2(6)4(8)9-10/h6-7H2,1H3,(H2,8,9). The fourth-order valence-corrected chi connectivity index (χ4v) is 0.688. The topological polar surface area (TPSA) is 113 Å². The minimum absolute atomic E-state index is 0.0492. The molecule has 0 saturated carbocycles. The first-order chi connectivity index (χ1) is 5.04. The van der Waals surface area contributed by atoms with Crippen LogP contribution in [-0.2, 0) is 7.05 Å². The zero-order valence-electron chi connectivity index (χ0n) is 6.03. The molecule has 1 aromatic heterocycles. The van der Waals surface area contributed by atoms with Gasteiger partial charge in [-0.25, -0.2) is 4.68 Å². The summed E-state index contributed by atoms with van der Waals surface area (Å²) >= 11 is 0. The molecule has 1 heterocycles.